The summed E-state index contributed by atoms with van der Waals surface area (Å²) in [5, 5.41) is 4.81. The average molecular weight is 487 g/mol. The van der Waals surface area contributed by atoms with E-state index in [1.165, 1.54) is 13.3 Å². The zero-order valence-electron chi connectivity index (χ0n) is 17.8. The molecule has 0 saturated carbocycles. The predicted octanol–water partition coefficient (Wildman–Crippen LogP) is 5.06. The maximum absolute atomic E-state index is 12.4. The van der Waals surface area contributed by atoms with E-state index < -0.39 is 11.9 Å². The van der Waals surface area contributed by atoms with Crippen LogP contribution in [0, 0.1) is 6.92 Å². The van der Waals surface area contributed by atoms with Gasteiger partial charge >= 0.3 is 5.97 Å². The lowest BCUT2D eigenvalue weighted by Crippen LogP contribution is -2.24. The van der Waals surface area contributed by atoms with Gasteiger partial charge in [-0.25, -0.2) is 10.2 Å². The summed E-state index contributed by atoms with van der Waals surface area (Å²) < 4.78 is 16.1. The Hall–Kier alpha value is -3.55. The molecule has 0 fully saturated rings. The van der Waals surface area contributed by atoms with Gasteiger partial charge in [0.15, 0.2) is 18.1 Å². The first kappa shape index (κ1) is 24.1. The zero-order chi connectivity index (χ0) is 23.8. The third kappa shape index (κ3) is 6.71. The van der Waals surface area contributed by atoms with Gasteiger partial charge < -0.3 is 14.2 Å². The quantitative estimate of drug-likeness (QED) is 0.208. The molecule has 3 aromatic carbocycles. The van der Waals surface area contributed by atoms with Crippen molar-refractivity contribution in [1.29, 1.82) is 0 Å². The van der Waals surface area contributed by atoms with E-state index in [9.17, 15) is 9.59 Å². The smallest absolute Gasteiger partial charge is 0.345 e. The first-order valence-electron chi connectivity index (χ1n) is 9.73. The second kappa shape index (κ2) is 11.4. The summed E-state index contributed by atoms with van der Waals surface area (Å²) in [7, 11) is 1.45. The first-order valence-corrected chi connectivity index (χ1v) is 10.5. The standard InChI is InChI=1S/C24H20Cl2N2O5/c1-15-11-17(8-9-19(15)25)32-14-23(29)28-27-13-16-7-10-21(22(12-16)31-2)33-24(30)18-5-3-4-6-20(18)26/h3-13H,14H2,1-2H3,(H,28,29). The van der Waals surface area contributed by atoms with Crippen molar-refractivity contribution >= 4 is 41.3 Å². The zero-order valence-corrected chi connectivity index (χ0v) is 19.3. The van der Waals surface area contributed by atoms with Crippen molar-refractivity contribution in [3.8, 4) is 17.2 Å². The van der Waals surface area contributed by atoms with Crippen molar-refractivity contribution < 1.29 is 23.8 Å². The number of aryl methyl sites for hydroxylation is 1. The van der Waals surface area contributed by atoms with Gasteiger partial charge in [0.1, 0.15) is 5.75 Å². The minimum Gasteiger partial charge on any atom is -0.493 e. The Morgan fingerprint density at radius 2 is 1.79 bits per heavy atom. The van der Waals surface area contributed by atoms with Crippen LogP contribution >= 0.6 is 23.2 Å². The number of nitrogens with zero attached hydrogens (tertiary/aromatic N) is 1. The molecule has 3 rings (SSSR count). The van der Waals surface area contributed by atoms with Crippen molar-refractivity contribution in [2.45, 2.75) is 6.92 Å². The maximum atomic E-state index is 12.4. The molecular weight excluding hydrogens is 467 g/mol. The van der Waals surface area contributed by atoms with E-state index in [1.54, 1.807) is 60.7 Å². The molecular formula is C24H20Cl2N2O5. The highest BCUT2D eigenvalue weighted by atomic mass is 35.5. The van der Waals surface area contributed by atoms with Gasteiger partial charge in [0, 0.05) is 5.02 Å². The molecule has 33 heavy (non-hydrogen) atoms. The molecule has 1 N–H and O–H groups in total. The molecule has 0 aliphatic carbocycles. The highest BCUT2D eigenvalue weighted by Gasteiger charge is 2.15. The van der Waals surface area contributed by atoms with Crippen LogP contribution in [0.5, 0.6) is 17.2 Å². The third-order valence-corrected chi connectivity index (χ3v) is 5.14. The van der Waals surface area contributed by atoms with Gasteiger partial charge in [-0.2, -0.15) is 5.10 Å². The Bertz CT molecular complexity index is 1200. The number of amides is 1. The van der Waals surface area contributed by atoms with Crippen LogP contribution in [-0.4, -0.2) is 31.8 Å². The fourth-order valence-corrected chi connectivity index (χ4v) is 3.03. The Balaban J connectivity index is 1.57. The number of carbonyl (C=O) groups excluding carboxylic acids is 2. The molecule has 170 valence electrons. The molecule has 0 radical (unpaired) electrons. The molecule has 0 aromatic heterocycles. The molecule has 9 heteroatoms. The van der Waals surface area contributed by atoms with Gasteiger partial charge in [-0.05, 0) is 66.6 Å². The van der Waals surface area contributed by atoms with E-state index in [4.69, 9.17) is 37.4 Å². The maximum Gasteiger partial charge on any atom is 0.345 e. The highest BCUT2D eigenvalue weighted by Crippen LogP contribution is 2.29. The summed E-state index contributed by atoms with van der Waals surface area (Å²) >= 11 is 12.0. The number of hydrogen-bond acceptors (Lipinski definition) is 6. The molecule has 0 atom stereocenters. The second-order valence-corrected chi connectivity index (χ2v) is 7.59. The van der Waals surface area contributed by atoms with E-state index in [1.807, 2.05) is 6.92 Å². The number of benzene rings is 3. The number of rotatable bonds is 8. The Kier molecular flexibility index (Phi) is 8.29. The van der Waals surface area contributed by atoms with Gasteiger partial charge in [0.2, 0.25) is 0 Å². The summed E-state index contributed by atoms with van der Waals surface area (Å²) in [6.07, 6.45) is 1.42. The molecule has 0 aliphatic rings. The van der Waals surface area contributed by atoms with E-state index >= 15 is 0 Å². The normalized spacial score (nSPS) is 10.7. The van der Waals surface area contributed by atoms with Crippen molar-refractivity contribution in [3.63, 3.8) is 0 Å². The lowest BCUT2D eigenvalue weighted by Gasteiger charge is -2.10. The van der Waals surface area contributed by atoms with E-state index in [0.29, 0.717) is 22.1 Å². The minimum absolute atomic E-state index is 0.210. The van der Waals surface area contributed by atoms with Gasteiger partial charge in [-0.15, -0.1) is 0 Å². The fraction of sp³-hybridized carbons (Fsp3) is 0.125. The highest BCUT2D eigenvalue weighted by molar-refractivity contribution is 6.33. The number of halogens is 2. The van der Waals surface area contributed by atoms with Gasteiger partial charge in [-0.1, -0.05) is 35.3 Å². The number of hydrogen-bond donors (Lipinski definition) is 1. The van der Waals surface area contributed by atoms with Crippen molar-refractivity contribution in [1.82, 2.24) is 5.43 Å². The third-order valence-electron chi connectivity index (χ3n) is 4.39. The number of nitrogens with one attached hydrogen (secondary N) is 1. The molecule has 0 aliphatic heterocycles. The number of ether oxygens (including phenoxy) is 3. The molecule has 1 amide bonds. The minimum atomic E-state index is -0.608. The van der Waals surface area contributed by atoms with Gasteiger partial charge in [-0.3, -0.25) is 4.79 Å². The van der Waals surface area contributed by atoms with E-state index in [-0.39, 0.29) is 22.9 Å². The van der Waals surface area contributed by atoms with Crippen LogP contribution in [0.2, 0.25) is 10.0 Å². The molecule has 0 bridgehead atoms. The largest absolute Gasteiger partial charge is 0.493 e. The predicted molar refractivity (Wildman–Crippen MR) is 127 cm³/mol. The van der Waals surface area contributed by atoms with Crippen LogP contribution in [0.4, 0.5) is 0 Å². The van der Waals surface area contributed by atoms with Gasteiger partial charge in [0.05, 0.1) is 23.9 Å². The summed E-state index contributed by atoms with van der Waals surface area (Å²) in [4.78, 5) is 24.3. The SMILES string of the molecule is COc1cc(C=NNC(=O)COc2ccc(Cl)c(C)c2)ccc1OC(=O)c1ccccc1Cl. The van der Waals surface area contributed by atoms with Crippen molar-refractivity contribution in [2.24, 2.45) is 5.10 Å². The molecule has 0 spiro atoms. The molecule has 0 saturated heterocycles. The molecule has 3 aromatic rings. The number of hydrazone groups is 1. The van der Waals surface area contributed by atoms with Gasteiger partial charge in [0.25, 0.3) is 5.91 Å². The second-order valence-electron chi connectivity index (χ2n) is 6.77. The monoisotopic (exact) mass is 486 g/mol. The summed E-state index contributed by atoms with van der Waals surface area (Å²) in [5.41, 5.74) is 4.08. The van der Waals surface area contributed by atoms with E-state index in [2.05, 4.69) is 10.5 Å². The molecule has 0 unspecified atom stereocenters. The number of methoxy groups -OCH3 is 1. The Labute approximate surface area is 200 Å². The fourth-order valence-electron chi connectivity index (χ4n) is 2.70. The van der Waals surface area contributed by atoms with Crippen molar-refractivity contribution in [3.05, 3.63) is 87.4 Å². The van der Waals surface area contributed by atoms with Crippen LogP contribution in [0.3, 0.4) is 0 Å². The topological polar surface area (TPSA) is 86.2 Å². The van der Waals surface area contributed by atoms with Crippen LogP contribution < -0.4 is 19.6 Å². The Morgan fingerprint density at radius 3 is 2.52 bits per heavy atom. The Morgan fingerprint density at radius 1 is 1.00 bits per heavy atom. The molecule has 7 nitrogen and oxygen atoms in total. The van der Waals surface area contributed by atoms with Crippen LogP contribution in [0.1, 0.15) is 21.5 Å². The van der Waals surface area contributed by atoms with Crippen LogP contribution in [-0.2, 0) is 4.79 Å². The van der Waals surface area contributed by atoms with Crippen LogP contribution in [0.25, 0.3) is 0 Å². The number of esters is 1. The lowest BCUT2D eigenvalue weighted by molar-refractivity contribution is -0.123. The summed E-state index contributed by atoms with van der Waals surface area (Å²) in [6.45, 7) is 1.63. The lowest BCUT2D eigenvalue weighted by atomic mass is 10.2. The summed E-state index contributed by atoms with van der Waals surface area (Å²) in [6, 6.07) is 16.5. The van der Waals surface area contributed by atoms with E-state index in [0.717, 1.165) is 5.56 Å². The molecule has 0 heterocycles. The summed E-state index contributed by atoms with van der Waals surface area (Å²) in [5.74, 6) is 0.0182. The average Bonchev–Trinajstić information content (AvgIpc) is 2.81. The van der Waals surface area contributed by atoms with Crippen LogP contribution in [0.15, 0.2) is 65.8 Å². The first-order chi connectivity index (χ1) is 15.9. The van der Waals surface area contributed by atoms with Crippen molar-refractivity contribution in [2.75, 3.05) is 13.7 Å². The number of carbonyl (C=O) groups is 2.